The first-order valence-corrected chi connectivity index (χ1v) is 8.23. The van der Waals surface area contributed by atoms with Gasteiger partial charge < -0.3 is 10.1 Å². The van der Waals surface area contributed by atoms with Crippen LogP contribution in [0.1, 0.15) is 29.3 Å². The molecule has 0 bridgehead atoms. The van der Waals surface area contributed by atoms with Crippen LogP contribution < -0.4 is 15.4 Å². The lowest BCUT2D eigenvalue weighted by Gasteiger charge is -2.13. The van der Waals surface area contributed by atoms with Gasteiger partial charge in [-0.1, -0.05) is 25.1 Å². The topological polar surface area (TPSA) is 50.4 Å². The van der Waals surface area contributed by atoms with E-state index in [1.165, 1.54) is 12.1 Å². The average molecular weight is 382 g/mol. The summed E-state index contributed by atoms with van der Waals surface area (Å²) in [6, 6.07) is 11.2. The monoisotopic (exact) mass is 382 g/mol. The van der Waals surface area contributed by atoms with Crippen LogP contribution in [0.5, 0.6) is 5.75 Å². The Bertz CT molecular complexity index is 794. The van der Waals surface area contributed by atoms with Crippen molar-refractivity contribution in [2.75, 3.05) is 11.9 Å². The summed E-state index contributed by atoms with van der Waals surface area (Å²) in [4.78, 5) is 12.4. The number of benzene rings is 2. The molecular weight excluding hydrogens is 365 g/mol. The number of ether oxygens (including phenoxy) is 1. The van der Waals surface area contributed by atoms with Crippen molar-refractivity contribution in [2.45, 2.75) is 19.5 Å². The fraction of sp³-hybridized carbons (Fsp3) is 0.222. The molecule has 0 aliphatic heterocycles. The molecule has 0 aromatic heterocycles. The van der Waals surface area contributed by atoms with E-state index in [0.717, 1.165) is 18.6 Å². The highest BCUT2D eigenvalue weighted by Crippen LogP contribution is 2.30. The number of anilines is 1. The Labute approximate surface area is 154 Å². The van der Waals surface area contributed by atoms with Crippen LogP contribution in [0.4, 0.5) is 18.9 Å². The molecule has 0 aliphatic carbocycles. The maximum Gasteiger partial charge on any atom is 0.416 e. The van der Waals surface area contributed by atoms with Gasteiger partial charge in [0.2, 0.25) is 0 Å². The largest absolute Gasteiger partial charge is 0.493 e. The Hall–Kier alpha value is -2.61. The summed E-state index contributed by atoms with van der Waals surface area (Å²) in [7, 11) is 0. The van der Waals surface area contributed by atoms with E-state index in [0.29, 0.717) is 12.4 Å². The van der Waals surface area contributed by atoms with Crippen molar-refractivity contribution in [3.05, 3.63) is 59.7 Å². The average Bonchev–Trinajstić information content (AvgIpc) is 2.59. The van der Waals surface area contributed by atoms with Crippen LogP contribution in [0.2, 0.25) is 0 Å². The predicted molar refractivity (Wildman–Crippen MR) is 97.4 cm³/mol. The first kappa shape index (κ1) is 19.7. The normalized spacial score (nSPS) is 10.9. The quantitative estimate of drug-likeness (QED) is 0.741. The van der Waals surface area contributed by atoms with Crippen LogP contribution in [0.25, 0.3) is 0 Å². The van der Waals surface area contributed by atoms with Gasteiger partial charge in [0.1, 0.15) is 5.75 Å². The predicted octanol–water partition coefficient (Wildman–Crippen LogP) is 4.62. The molecule has 138 valence electrons. The van der Waals surface area contributed by atoms with Crippen molar-refractivity contribution in [1.82, 2.24) is 5.32 Å². The summed E-state index contributed by atoms with van der Waals surface area (Å²) in [5.41, 5.74) is -0.398. The lowest BCUT2D eigenvalue weighted by atomic mass is 10.2. The second kappa shape index (κ2) is 8.66. The van der Waals surface area contributed by atoms with Gasteiger partial charge >= 0.3 is 6.18 Å². The van der Waals surface area contributed by atoms with E-state index in [1.54, 1.807) is 24.3 Å². The molecule has 0 fully saturated rings. The molecule has 0 saturated carbocycles. The number of para-hydroxylation sites is 1. The minimum atomic E-state index is -4.46. The Morgan fingerprint density at radius 1 is 1.15 bits per heavy atom. The van der Waals surface area contributed by atoms with Gasteiger partial charge in [-0.2, -0.15) is 13.2 Å². The van der Waals surface area contributed by atoms with Crippen LogP contribution in [0.3, 0.4) is 0 Å². The maximum atomic E-state index is 12.7. The van der Waals surface area contributed by atoms with Gasteiger partial charge in [-0.15, -0.1) is 0 Å². The summed E-state index contributed by atoms with van der Waals surface area (Å²) in [5, 5.41) is 4.90. The van der Waals surface area contributed by atoms with E-state index >= 15 is 0 Å². The molecule has 0 heterocycles. The molecule has 26 heavy (non-hydrogen) atoms. The number of amides is 1. The third-order valence-corrected chi connectivity index (χ3v) is 3.47. The van der Waals surface area contributed by atoms with Gasteiger partial charge in [-0.05, 0) is 49.0 Å². The third kappa shape index (κ3) is 5.45. The molecule has 2 N–H and O–H groups in total. The molecule has 2 aromatic carbocycles. The minimum absolute atomic E-state index is 0.111. The summed E-state index contributed by atoms with van der Waals surface area (Å²) in [6.45, 7) is 2.40. The van der Waals surface area contributed by atoms with Crippen LogP contribution in [0.15, 0.2) is 48.5 Å². The number of rotatable bonds is 5. The molecule has 0 aliphatic rings. The van der Waals surface area contributed by atoms with Crippen molar-refractivity contribution < 1.29 is 22.7 Å². The molecule has 0 atom stereocenters. The maximum absolute atomic E-state index is 12.7. The highest BCUT2D eigenvalue weighted by Gasteiger charge is 2.30. The van der Waals surface area contributed by atoms with E-state index in [2.05, 4.69) is 10.6 Å². The van der Waals surface area contributed by atoms with Crippen LogP contribution >= 0.6 is 12.2 Å². The summed E-state index contributed by atoms with van der Waals surface area (Å²) in [6.07, 6.45) is -3.68. The minimum Gasteiger partial charge on any atom is -0.493 e. The molecule has 0 radical (unpaired) electrons. The smallest absolute Gasteiger partial charge is 0.416 e. The number of carbonyl (C=O) groups is 1. The fourth-order valence-corrected chi connectivity index (χ4v) is 2.31. The second-order valence-corrected chi connectivity index (χ2v) is 5.74. The zero-order valence-electron chi connectivity index (χ0n) is 13.9. The van der Waals surface area contributed by atoms with Crippen LogP contribution in [0, 0.1) is 0 Å². The Balaban J connectivity index is 2.05. The third-order valence-electron chi connectivity index (χ3n) is 3.27. The van der Waals surface area contributed by atoms with Gasteiger partial charge in [0, 0.05) is 5.69 Å². The van der Waals surface area contributed by atoms with Gasteiger partial charge in [0.05, 0.1) is 17.7 Å². The van der Waals surface area contributed by atoms with Crippen molar-refractivity contribution in [2.24, 2.45) is 0 Å². The van der Waals surface area contributed by atoms with Crippen molar-refractivity contribution in [3.63, 3.8) is 0 Å². The van der Waals surface area contributed by atoms with Gasteiger partial charge in [-0.25, -0.2) is 0 Å². The van der Waals surface area contributed by atoms with Crippen molar-refractivity contribution >= 4 is 28.9 Å². The molecule has 4 nitrogen and oxygen atoms in total. The summed E-state index contributed by atoms with van der Waals surface area (Å²) >= 11 is 5.01. The first-order valence-electron chi connectivity index (χ1n) is 7.82. The Morgan fingerprint density at radius 3 is 2.58 bits per heavy atom. The number of hydrogen-bond acceptors (Lipinski definition) is 3. The van der Waals surface area contributed by atoms with E-state index in [4.69, 9.17) is 17.0 Å². The molecule has 8 heteroatoms. The van der Waals surface area contributed by atoms with Crippen LogP contribution in [-0.2, 0) is 6.18 Å². The lowest BCUT2D eigenvalue weighted by Crippen LogP contribution is -2.34. The Morgan fingerprint density at radius 2 is 1.88 bits per heavy atom. The zero-order valence-corrected chi connectivity index (χ0v) is 14.7. The van der Waals surface area contributed by atoms with Gasteiger partial charge in [0.15, 0.2) is 5.11 Å². The van der Waals surface area contributed by atoms with Crippen LogP contribution in [-0.4, -0.2) is 17.6 Å². The standard InChI is InChI=1S/C18H17F3N2O2S/c1-2-10-25-15-9-4-3-8-14(15)16(24)23-17(26)22-13-7-5-6-12(11-13)18(19,20)21/h3-9,11H,2,10H2,1H3,(H2,22,23,24,26). The van der Waals surface area contributed by atoms with E-state index < -0.39 is 17.6 Å². The molecule has 0 spiro atoms. The number of halogens is 3. The SMILES string of the molecule is CCCOc1ccccc1C(=O)NC(=S)Nc1cccc(C(F)(F)F)c1. The van der Waals surface area contributed by atoms with Gasteiger partial charge in [0.25, 0.3) is 5.91 Å². The summed E-state index contributed by atoms with van der Waals surface area (Å²) in [5.74, 6) is -0.102. The van der Waals surface area contributed by atoms with E-state index in [-0.39, 0.29) is 16.4 Å². The summed E-state index contributed by atoms with van der Waals surface area (Å²) < 4.78 is 43.7. The molecular formula is C18H17F3N2O2S. The van der Waals surface area contributed by atoms with Crippen molar-refractivity contribution in [1.29, 1.82) is 0 Å². The molecule has 1 amide bonds. The van der Waals surface area contributed by atoms with E-state index in [9.17, 15) is 18.0 Å². The highest BCUT2D eigenvalue weighted by molar-refractivity contribution is 7.80. The zero-order chi connectivity index (χ0) is 19.2. The van der Waals surface area contributed by atoms with E-state index in [1.807, 2.05) is 6.92 Å². The molecule has 2 rings (SSSR count). The number of hydrogen-bond donors (Lipinski definition) is 2. The Kier molecular flexibility index (Phi) is 6.57. The lowest BCUT2D eigenvalue weighted by molar-refractivity contribution is -0.137. The number of thiocarbonyl (C=S) groups is 1. The molecule has 2 aromatic rings. The fourth-order valence-electron chi connectivity index (χ4n) is 2.10. The van der Waals surface area contributed by atoms with Gasteiger partial charge in [-0.3, -0.25) is 10.1 Å². The first-order chi connectivity index (χ1) is 12.3. The second-order valence-electron chi connectivity index (χ2n) is 5.33. The number of carbonyl (C=O) groups excluding carboxylic acids is 1. The number of nitrogens with one attached hydrogen (secondary N) is 2. The number of alkyl halides is 3. The molecule has 0 saturated heterocycles. The molecule has 0 unspecified atom stereocenters. The highest BCUT2D eigenvalue weighted by atomic mass is 32.1. The van der Waals surface area contributed by atoms with Crippen molar-refractivity contribution in [3.8, 4) is 5.75 Å².